The number of aromatic nitrogens is 4. The minimum absolute atomic E-state index is 0. The van der Waals surface area contributed by atoms with Crippen LogP contribution in [-0.4, -0.2) is 0 Å². The molecule has 0 aliphatic rings. The lowest BCUT2D eigenvalue weighted by Gasteiger charge is -2.05. The molecule has 8 nitrogen and oxygen atoms in total. The van der Waals surface area contributed by atoms with Gasteiger partial charge in [-0.15, -0.1) is 0 Å². The van der Waals surface area contributed by atoms with E-state index in [0.717, 1.165) is 70.5 Å². The zero-order valence-corrected chi connectivity index (χ0v) is 47.1. The highest BCUT2D eigenvalue weighted by Gasteiger charge is 2.14. The van der Waals surface area contributed by atoms with Crippen molar-refractivity contribution >= 4 is 66.4 Å². The Bertz CT molecular complexity index is 2550. The quantitative estimate of drug-likeness (QED) is 0.0401. The average Bonchev–Trinajstić information content (AvgIpc) is 3.33. The summed E-state index contributed by atoms with van der Waals surface area (Å²) in [6.07, 6.45) is 29.2. The number of anilines is 4. The normalized spacial score (nSPS) is 10.7. The fraction of sp³-hybridized carbons (Fsp3) is 0.357. The SMILES string of the molecule is Nc1cc[n+](CCCCCCCCCCCC[n+]2ccc(N)c3ccccc32)c2ccccc12.Nc1cc[n+](CCCCCCCC[n+]2ccc(N)c3ccccc32)c2ccccc12.[Br-].[Br-].[I-].[I-]. The van der Waals surface area contributed by atoms with Crippen molar-refractivity contribution in [2.24, 2.45) is 0 Å². The molecule has 0 fully saturated rings. The first kappa shape index (κ1) is 58.5. The zero-order valence-electron chi connectivity index (χ0n) is 39.6. The third-order valence-electron chi connectivity index (χ3n) is 12.9. The number of pyridine rings is 4. The number of nitrogens with two attached hydrogens (primary N) is 4. The first-order chi connectivity index (χ1) is 31.5. The summed E-state index contributed by atoms with van der Waals surface area (Å²) in [7, 11) is 0. The largest absolute Gasteiger partial charge is 1.00 e. The fourth-order valence-electron chi connectivity index (χ4n) is 9.26. The monoisotopic (exact) mass is 1270 g/mol. The number of hydrogen-bond donors (Lipinski definition) is 4. The molecule has 0 saturated heterocycles. The molecule has 0 aliphatic heterocycles. The van der Waals surface area contributed by atoms with Crippen molar-refractivity contribution < 1.29 is 100 Å². The minimum atomic E-state index is 0. The number of halogens is 4. The molecular weight excluding hydrogens is 1200 g/mol. The lowest BCUT2D eigenvalue weighted by Crippen LogP contribution is -3.00. The van der Waals surface area contributed by atoms with Crippen molar-refractivity contribution in [3.63, 3.8) is 0 Å². The topological polar surface area (TPSA) is 120 Å². The second kappa shape index (κ2) is 31.4. The van der Waals surface area contributed by atoms with Crippen molar-refractivity contribution in [2.45, 2.75) is 129 Å². The predicted molar refractivity (Wildman–Crippen MR) is 268 cm³/mol. The van der Waals surface area contributed by atoms with Crippen molar-refractivity contribution in [2.75, 3.05) is 22.9 Å². The highest BCUT2D eigenvalue weighted by atomic mass is 127. The van der Waals surface area contributed by atoms with Crippen molar-refractivity contribution in [3.05, 3.63) is 146 Å². The van der Waals surface area contributed by atoms with E-state index in [1.54, 1.807) is 0 Å². The number of rotatable bonds is 22. The van der Waals surface area contributed by atoms with Crippen molar-refractivity contribution in [3.8, 4) is 0 Å². The summed E-state index contributed by atoms with van der Waals surface area (Å²) < 4.78 is 9.34. The highest BCUT2D eigenvalue weighted by molar-refractivity contribution is 5.89. The maximum atomic E-state index is 6.12. The molecule has 12 heteroatoms. The second-order valence-corrected chi connectivity index (χ2v) is 17.6. The standard InChI is InChI=1S/C30H38N4.C26H30N4.2BrH.2HI/c31-27-19-23-33(29-17-11-9-15-25(27)29)21-13-7-5-3-1-2-4-6-8-14-22-34-24-20-28(32)26-16-10-12-18-30(26)34;27-23-15-19-29(25-13-7-5-11-21(23)25)17-9-3-1-2-4-10-18-30-20-16-24(28)22-12-6-8-14-26(22)30;;;;/h9-12,15-20,23-24,31-32H,1-8,13-14,21-22H2;5-8,11-16,19-20,27-28H,1-4,9-10,17-18H2;4*1H. The van der Waals surface area contributed by atoms with Crippen LogP contribution in [0.3, 0.4) is 0 Å². The van der Waals surface area contributed by atoms with Crippen LogP contribution in [0.4, 0.5) is 22.7 Å². The van der Waals surface area contributed by atoms with E-state index in [2.05, 4.69) is 140 Å². The zero-order chi connectivity index (χ0) is 44.4. The molecule has 4 aromatic heterocycles. The molecule has 4 heterocycles. The second-order valence-electron chi connectivity index (χ2n) is 17.6. The molecule has 0 unspecified atom stereocenters. The van der Waals surface area contributed by atoms with Gasteiger partial charge in [0.15, 0.2) is 24.8 Å². The third-order valence-corrected chi connectivity index (χ3v) is 12.9. The Kier molecular flexibility index (Phi) is 27.0. The molecule has 8 N–H and O–H groups in total. The maximum Gasteiger partial charge on any atom is 0.214 e. The van der Waals surface area contributed by atoms with Crippen LogP contribution in [0.25, 0.3) is 43.6 Å². The van der Waals surface area contributed by atoms with Crippen LogP contribution in [0.2, 0.25) is 0 Å². The van der Waals surface area contributed by atoms with Gasteiger partial charge in [-0.1, -0.05) is 99.9 Å². The Morgan fingerprint density at radius 1 is 0.250 bits per heavy atom. The van der Waals surface area contributed by atoms with Gasteiger partial charge in [-0.2, -0.15) is 18.3 Å². The van der Waals surface area contributed by atoms with Crippen LogP contribution in [0.15, 0.2) is 146 Å². The lowest BCUT2D eigenvalue weighted by atomic mass is 10.1. The third kappa shape index (κ3) is 16.6. The van der Waals surface area contributed by atoms with E-state index in [9.17, 15) is 0 Å². The van der Waals surface area contributed by atoms with Crippen molar-refractivity contribution in [1.82, 2.24) is 0 Å². The number of unbranched alkanes of at least 4 members (excludes halogenated alkanes) is 14. The van der Waals surface area contributed by atoms with Crippen molar-refractivity contribution in [1.29, 1.82) is 0 Å². The number of nitrogens with zero attached hydrogens (tertiary/aromatic N) is 4. The summed E-state index contributed by atoms with van der Waals surface area (Å²) in [6.45, 7) is 4.24. The summed E-state index contributed by atoms with van der Waals surface area (Å²) in [5.74, 6) is 0. The van der Waals surface area contributed by atoms with Gasteiger partial charge < -0.3 is 105 Å². The van der Waals surface area contributed by atoms with Gasteiger partial charge in [0.05, 0.1) is 44.3 Å². The Hall–Kier alpha value is -3.86. The van der Waals surface area contributed by atoms with Gasteiger partial charge in [-0.3, -0.25) is 0 Å². The van der Waals surface area contributed by atoms with Gasteiger partial charge in [0.25, 0.3) is 0 Å². The molecule has 0 spiro atoms. The molecular formula is C56H72Br2I2N8. The number of aryl methyl sites for hydroxylation is 4. The number of benzene rings is 4. The van der Waals surface area contributed by atoms with Crippen LogP contribution in [-0.2, 0) is 26.2 Å². The van der Waals surface area contributed by atoms with Crippen LogP contribution in [0.1, 0.15) is 103 Å². The van der Waals surface area contributed by atoms with Crippen LogP contribution >= 0.6 is 0 Å². The molecule has 364 valence electrons. The molecule has 8 aromatic rings. The Labute approximate surface area is 460 Å². The molecule has 0 radical (unpaired) electrons. The van der Waals surface area contributed by atoms with E-state index < -0.39 is 0 Å². The number of para-hydroxylation sites is 4. The van der Waals surface area contributed by atoms with E-state index in [1.807, 2.05) is 24.3 Å². The minimum Gasteiger partial charge on any atom is -1.00 e. The summed E-state index contributed by atoms with van der Waals surface area (Å²) in [6, 6.07) is 41.7. The van der Waals surface area contributed by atoms with Gasteiger partial charge in [-0.25, -0.2) is 0 Å². The van der Waals surface area contributed by atoms with Gasteiger partial charge in [0, 0.05) is 74.2 Å². The molecule has 0 atom stereocenters. The van der Waals surface area contributed by atoms with Crippen LogP contribution in [0, 0.1) is 0 Å². The lowest BCUT2D eigenvalue weighted by molar-refractivity contribution is -0.672. The Morgan fingerprint density at radius 2 is 0.426 bits per heavy atom. The van der Waals surface area contributed by atoms with E-state index in [4.69, 9.17) is 22.9 Å². The van der Waals surface area contributed by atoms with E-state index in [1.165, 1.54) is 125 Å². The summed E-state index contributed by atoms with van der Waals surface area (Å²) >= 11 is 0. The Balaban J connectivity index is 0.000000342. The van der Waals surface area contributed by atoms with Crippen LogP contribution in [0.5, 0.6) is 0 Å². The van der Waals surface area contributed by atoms with E-state index >= 15 is 0 Å². The molecule has 0 saturated carbocycles. The number of fused-ring (bicyclic) bond motifs is 4. The molecule has 0 aliphatic carbocycles. The van der Waals surface area contributed by atoms with Gasteiger partial charge in [-0.05, 0) is 49.9 Å². The van der Waals surface area contributed by atoms with E-state index in [-0.39, 0.29) is 81.9 Å². The number of nitrogen functional groups attached to an aromatic ring is 4. The van der Waals surface area contributed by atoms with Crippen LogP contribution < -0.4 is 123 Å². The molecule has 0 amide bonds. The van der Waals surface area contributed by atoms with E-state index in [0.29, 0.717) is 0 Å². The Morgan fingerprint density at radius 3 is 0.632 bits per heavy atom. The highest BCUT2D eigenvalue weighted by Crippen LogP contribution is 2.21. The maximum absolute atomic E-state index is 6.12. The summed E-state index contributed by atoms with van der Waals surface area (Å²) in [5, 5.41) is 4.61. The van der Waals surface area contributed by atoms with Gasteiger partial charge >= 0.3 is 0 Å². The first-order valence-corrected chi connectivity index (χ1v) is 24.1. The summed E-state index contributed by atoms with van der Waals surface area (Å²) in [4.78, 5) is 0. The smallest absolute Gasteiger partial charge is 0.214 e. The average molecular weight is 1270 g/mol. The fourth-order valence-corrected chi connectivity index (χ4v) is 9.26. The van der Waals surface area contributed by atoms with Gasteiger partial charge in [0.1, 0.15) is 26.2 Å². The summed E-state index contributed by atoms with van der Waals surface area (Å²) in [5.41, 5.74) is 32.8. The predicted octanol–water partition coefficient (Wildman–Crippen LogP) is -0.877. The molecule has 0 bridgehead atoms. The molecule has 8 rings (SSSR count). The molecule has 4 aromatic carbocycles. The first-order valence-electron chi connectivity index (χ1n) is 24.1. The molecule has 68 heavy (non-hydrogen) atoms. The number of hydrogen-bond acceptors (Lipinski definition) is 4. The van der Waals surface area contributed by atoms with Gasteiger partial charge in [0.2, 0.25) is 22.1 Å².